The van der Waals surface area contributed by atoms with E-state index in [1.165, 1.54) is 5.56 Å². The van der Waals surface area contributed by atoms with E-state index in [1.54, 1.807) is 12.1 Å². The van der Waals surface area contributed by atoms with Crippen LogP contribution in [0.15, 0.2) is 60.7 Å². The van der Waals surface area contributed by atoms with Gasteiger partial charge in [0, 0.05) is 48.8 Å². The fourth-order valence-electron chi connectivity index (χ4n) is 4.65. The molecule has 0 spiro atoms. The van der Waals surface area contributed by atoms with Gasteiger partial charge in [0.2, 0.25) is 0 Å². The number of phenolic OH excluding ortho intramolecular Hbond substituents is 1. The van der Waals surface area contributed by atoms with Gasteiger partial charge in [-0.2, -0.15) is 0 Å². The van der Waals surface area contributed by atoms with Crippen molar-refractivity contribution in [1.29, 1.82) is 0 Å². The van der Waals surface area contributed by atoms with Gasteiger partial charge in [-0.25, -0.2) is 0 Å². The number of hydrogen-bond donors (Lipinski definition) is 1. The number of Topliss-reactive ketones (excluding diaryl/α,β-unsaturated/α-hetero) is 1. The Labute approximate surface area is 184 Å². The molecule has 0 unspecified atom stereocenters. The first-order valence-corrected chi connectivity index (χ1v) is 11.0. The third-order valence-electron chi connectivity index (χ3n) is 6.41. The second-order valence-corrected chi connectivity index (χ2v) is 8.44. The van der Waals surface area contributed by atoms with Gasteiger partial charge in [0.15, 0.2) is 5.78 Å². The average Bonchev–Trinajstić information content (AvgIpc) is 3.09. The highest BCUT2D eigenvalue weighted by molar-refractivity contribution is 5.99. The van der Waals surface area contributed by atoms with Crippen LogP contribution in [0.25, 0.3) is 0 Å². The summed E-state index contributed by atoms with van der Waals surface area (Å²) in [7, 11) is 0. The van der Waals surface area contributed by atoms with Gasteiger partial charge >= 0.3 is 0 Å². The molecule has 1 saturated heterocycles. The van der Waals surface area contributed by atoms with E-state index >= 15 is 0 Å². The van der Waals surface area contributed by atoms with E-state index in [1.807, 2.05) is 24.3 Å². The molecule has 0 amide bonds. The van der Waals surface area contributed by atoms with Crippen LogP contribution in [0.3, 0.4) is 0 Å². The zero-order valence-corrected chi connectivity index (χ0v) is 18.6. The number of aryl methyl sites for hydroxylation is 1. The van der Waals surface area contributed by atoms with Crippen LogP contribution < -0.4 is 4.90 Å². The van der Waals surface area contributed by atoms with Gasteiger partial charge in [0.05, 0.1) is 12.6 Å². The van der Waals surface area contributed by atoms with Crippen molar-refractivity contribution in [3.8, 4) is 5.75 Å². The van der Waals surface area contributed by atoms with Gasteiger partial charge < -0.3 is 14.6 Å². The Bertz CT molecular complexity index is 1030. The monoisotopic (exact) mass is 417 g/mol. The first-order valence-electron chi connectivity index (χ1n) is 11.0. The molecule has 162 valence electrons. The number of aromatic nitrogens is 1. The summed E-state index contributed by atoms with van der Waals surface area (Å²) in [6.07, 6.45) is 0. The van der Waals surface area contributed by atoms with Crippen molar-refractivity contribution < 1.29 is 9.90 Å². The number of carbonyl (C=O) groups excluding carboxylic acids is 1. The molecule has 1 aromatic heterocycles. The Morgan fingerprint density at radius 3 is 2.26 bits per heavy atom. The topological polar surface area (TPSA) is 48.7 Å². The number of anilines is 1. The van der Waals surface area contributed by atoms with E-state index in [4.69, 9.17) is 0 Å². The van der Waals surface area contributed by atoms with E-state index < -0.39 is 0 Å². The Hall–Kier alpha value is -3.05. The van der Waals surface area contributed by atoms with E-state index in [0.29, 0.717) is 6.54 Å². The van der Waals surface area contributed by atoms with Crippen LogP contribution in [-0.4, -0.2) is 53.1 Å². The molecular formula is C26H31N3O2. The molecule has 5 nitrogen and oxygen atoms in total. The maximum Gasteiger partial charge on any atom is 0.178 e. The molecule has 2 aromatic carbocycles. The van der Waals surface area contributed by atoms with Crippen LogP contribution in [0.1, 0.15) is 40.3 Å². The number of piperazine rings is 1. The van der Waals surface area contributed by atoms with Crippen molar-refractivity contribution >= 4 is 11.5 Å². The first kappa shape index (κ1) is 21.2. The Morgan fingerprint density at radius 1 is 0.968 bits per heavy atom. The molecule has 1 aliphatic heterocycles. The molecule has 2 heterocycles. The lowest BCUT2D eigenvalue weighted by Gasteiger charge is -2.35. The van der Waals surface area contributed by atoms with E-state index in [2.05, 4.69) is 59.4 Å². The third kappa shape index (κ3) is 4.52. The number of rotatable bonds is 6. The highest BCUT2D eigenvalue weighted by Gasteiger charge is 2.23. The molecule has 5 heteroatoms. The number of benzene rings is 2. The maximum atomic E-state index is 13.2. The van der Waals surface area contributed by atoms with Gasteiger partial charge in [-0.1, -0.05) is 30.3 Å². The standard InChI is InChI=1S/C26H31N3O2/c1-19-17-25(21(3)29(19)20(2)22-7-5-4-6-8-22)26(31)18-27-13-15-28(16-14-27)23-9-11-24(30)12-10-23/h4-12,17,20,30H,13-16,18H2,1-3H3/t20-/m1/s1. The van der Waals surface area contributed by atoms with Crippen molar-refractivity contribution in [2.45, 2.75) is 26.8 Å². The summed E-state index contributed by atoms with van der Waals surface area (Å²) < 4.78 is 2.27. The minimum Gasteiger partial charge on any atom is -0.508 e. The number of aromatic hydroxyl groups is 1. The molecule has 0 saturated carbocycles. The predicted octanol–water partition coefficient (Wildman–Crippen LogP) is 4.42. The quantitative estimate of drug-likeness (QED) is 0.603. The second kappa shape index (κ2) is 8.98. The van der Waals surface area contributed by atoms with Gasteiger partial charge in [-0.15, -0.1) is 0 Å². The molecule has 31 heavy (non-hydrogen) atoms. The lowest BCUT2D eigenvalue weighted by molar-refractivity contribution is 0.0925. The summed E-state index contributed by atoms with van der Waals surface area (Å²) in [6.45, 7) is 10.2. The van der Waals surface area contributed by atoms with Crippen molar-refractivity contribution in [2.75, 3.05) is 37.6 Å². The fraction of sp³-hybridized carbons (Fsp3) is 0.346. The highest BCUT2D eigenvalue weighted by Crippen LogP contribution is 2.26. The van der Waals surface area contributed by atoms with E-state index in [0.717, 1.165) is 48.8 Å². The fourth-order valence-corrected chi connectivity index (χ4v) is 4.65. The number of ketones is 1. The van der Waals surface area contributed by atoms with E-state index in [-0.39, 0.29) is 17.6 Å². The second-order valence-electron chi connectivity index (χ2n) is 8.44. The maximum absolute atomic E-state index is 13.2. The highest BCUT2D eigenvalue weighted by atomic mass is 16.3. The minimum absolute atomic E-state index is 0.191. The molecule has 1 fully saturated rings. The average molecular weight is 418 g/mol. The summed E-state index contributed by atoms with van der Waals surface area (Å²) >= 11 is 0. The lowest BCUT2D eigenvalue weighted by Crippen LogP contribution is -2.48. The van der Waals surface area contributed by atoms with Gasteiger partial charge in [-0.3, -0.25) is 9.69 Å². The van der Waals surface area contributed by atoms with Crippen LogP contribution >= 0.6 is 0 Å². The smallest absolute Gasteiger partial charge is 0.178 e. The summed E-state index contributed by atoms with van der Waals surface area (Å²) in [6, 6.07) is 20.0. The zero-order chi connectivity index (χ0) is 22.0. The predicted molar refractivity (Wildman–Crippen MR) is 125 cm³/mol. The molecule has 1 aliphatic rings. The molecule has 3 aromatic rings. The third-order valence-corrected chi connectivity index (χ3v) is 6.41. The van der Waals surface area contributed by atoms with Crippen molar-refractivity contribution in [3.05, 3.63) is 83.2 Å². The Kier molecular flexibility index (Phi) is 6.14. The summed E-state index contributed by atoms with van der Waals surface area (Å²) in [5, 5.41) is 9.48. The van der Waals surface area contributed by atoms with Gasteiger partial charge in [0.1, 0.15) is 5.75 Å². The molecule has 1 atom stereocenters. The molecule has 0 radical (unpaired) electrons. The number of nitrogens with zero attached hydrogens (tertiary/aromatic N) is 3. The molecule has 0 bridgehead atoms. The largest absolute Gasteiger partial charge is 0.508 e. The van der Waals surface area contributed by atoms with Crippen LogP contribution in [0.5, 0.6) is 5.75 Å². The first-order chi connectivity index (χ1) is 14.9. The molecule has 4 rings (SSSR count). The normalized spacial score (nSPS) is 15.8. The number of phenols is 1. The van der Waals surface area contributed by atoms with Crippen molar-refractivity contribution in [3.63, 3.8) is 0 Å². The lowest BCUT2D eigenvalue weighted by atomic mass is 10.1. The van der Waals surface area contributed by atoms with Crippen LogP contribution in [0.2, 0.25) is 0 Å². The van der Waals surface area contributed by atoms with Gasteiger partial charge in [-0.05, 0) is 56.7 Å². The van der Waals surface area contributed by atoms with Crippen LogP contribution in [0, 0.1) is 13.8 Å². The number of carbonyl (C=O) groups is 1. The summed E-state index contributed by atoms with van der Waals surface area (Å²) in [4.78, 5) is 17.7. The number of hydrogen-bond acceptors (Lipinski definition) is 4. The Morgan fingerprint density at radius 2 is 1.61 bits per heavy atom. The van der Waals surface area contributed by atoms with Crippen molar-refractivity contribution in [1.82, 2.24) is 9.47 Å². The molecular weight excluding hydrogens is 386 g/mol. The van der Waals surface area contributed by atoms with Gasteiger partial charge in [0.25, 0.3) is 0 Å². The summed E-state index contributed by atoms with van der Waals surface area (Å²) in [5.74, 6) is 0.477. The van der Waals surface area contributed by atoms with Crippen molar-refractivity contribution in [2.24, 2.45) is 0 Å². The molecule has 1 N–H and O–H groups in total. The SMILES string of the molecule is Cc1cc(C(=O)CN2CCN(c3ccc(O)cc3)CC2)c(C)n1[C@H](C)c1ccccc1. The summed E-state index contributed by atoms with van der Waals surface area (Å²) in [5.41, 5.74) is 5.35. The van der Waals surface area contributed by atoms with Crippen LogP contribution in [-0.2, 0) is 0 Å². The minimum atomic E-state index is 0.191. The Balaban J connectivity index is 1.41. The zero-order valence-electron chi connectivity index (χ0n) is 18.6. The van der Waals surface area contributed by atoms with E-state index in [9.17, 15) is 9.90 Å². The van der Waals surface area contributed by atoms with Crippen LogP contribution in [0.4, 0.5) is 5.69 Å². The molecule has 0 aliphatic carbocycles.